The van der Waals surface area contributed by atoms with Crippen LogP contribution in [0.25, 0.3) is 0 Å². The Morgan fingerprint density at radius 1 is 1.47 bits per heavy atom. The van der Waals surface area contributed by atoms with Crippen LogP contribution in [0, 0.1) is 13.8 Å². The summed E-state index contributed by atoms with van der Waals surface area (Å²) in [7, 11) is 3.57. The van der Waals surface area contributed by atoms with Gasteiger partial charge in [0.15, 0.2) is 0 Å². The molecule has 15 heavy (non-hydrogen) atoms. The minimum Gasteiger partial charge on any atom is -0.349 e. The summed E-state index contributed by atoms with van der Waals surface area (Å²) in [5.74, 6) is 0.185. The highest BCUT2D eigenvalue weighted by molar-refractivity contribution is 5.75. The molecule has 0 aliphatic heterocycles. The van der Waals surface area contributed by atoms with Gasteiger partial charge in [0, 0.05) is 32.8 Å². The van der Waals surface area contributed by atoms with Crippen molar-refractivity contribution in [2.24, 2.45) is 0 Å². The molecule has 0 unspecified atom stereocenters. The molecule has 0 atom stereocenters. The summed E-state index contributed by atoms with van der Waals surface area (Å²) in [6, 6.07) is 0. The van der Waals surface area contributed by atoms with Gasteiger partial charge in [-0.2, -0.15) is 0 Å². The SMILES string of the molecule is Cc1ncn(CCCC(=O)N(C)C)c1C. The molecule has 84 valence electrons. The van der Waals surface area contributed by atoms with Gasteiger partial charge in [0.1, 0.15) is 0 Å². The van der Waals surface area contributed by atoms with Crippen molar-refractivity contribution in [3.63, 3.8) is 0 Å². The smallest absolute Gasteiger partial charge is 0.222 e. The fraction of sp³-hybridized carbons (Fsp3) is 0.636. The molecular formula is C11H19N3O. The number of hydrogen-bond acceptors (Lipinski definition) is 2. The van der Waals surface area contributed by atoms with Crippen LogP contribution in [-0.2, 0) is 11.3 Å². The molecule has 0 saturated heterocycles. The Morgan fingerprint density at radius 3 is 2.60 bits per heavy atom. The van der Waals surface area contributed by atoms with Gasteiger partial charge < -0.3 is 9.47 Å². The van der Waals surface area contributed by atoms with Gasteiger partial charge in [0.05, 0.1) is 12.0 Å². The monoisotopic (exact) mass is 209 g/mol. The topological polar surface area (TPSA) is 38.1 Å². The van der Waals surface area contributed by atoms with E-state index in [1.165, 1.54) is 5.69 Å². The number of amides is 1. The molecule has 1 aromatic rings. The number of imidazole rings is 1. The van der Waals surface area contributed by atoms with E-state index in [9.17, 15) is 4.79 Å². The highest BCUT2D eigenvalue weighted by atomic mass is 16.2. The molecule has 0 fully saturated rings. The standard InChI is InChI=1S/C11H19N3O/c1-9-10(2)14(8-12-9)7-5-6-11(15)13(3)4/h8H,5-7H2,1-4H3. The fourth-order valence-corrected chi connectivity index (χ4v) is 1.39. The first-order valence-corrected chi connectivity index (χ1v) is 5.21. The Hall–Kier alpha value is -1.32. The maximum Gasteiger partial charge on any atom is 0.222 e. The van der Waals surface area contributed by atoms with Crippen LogP contribution in [-0.4, -0.2) is 34.5 Å². The van der Waals surface area contributed by atoms with Crippen LogP contribution in [0.3, 0.4) is 0 Å². The highest BCUT2D eigenvalue weighted by Crippen LogP contribution is 2.06. The van der Waals surface area contributed by atoms with E-state index >= 15 is 0 Å². The van der Waals surface area contributed by atoms with E-state index in [0.717, 1.165) is 18.7 Å². The van der Waals surface area contributed by atoms with E-state index < -0.39 is 0 Å². The lowest BCUT2D eigenvalue weighted by molar-refractivity contribution is -0.128. The molecule has 0 spiro atoms. The molecule has 0 saturated carbocycles. The van der Waals surface area contributed by atoms with Gasteiger partial charge in [-0.15, -0.1) is 0 Å². The first-order chi connectivity index (χ1) is 7.02. The fourth-order valence-electron chi connectivity index (χ4n) is 1.39. The number of nitrogens with zero attached hydrogens (tertiary/aromatic N) is 3. The molecule has 0 N–H and O–H groups in total. The van der Waals surface area contributed by atoms with Gasteiger partial charge in [-0.05, 0) is 20.3 Å². The maximum atomic E-state index is 11.3. The molecule has 4 heteroatoms. The minimum absolute atomic E-state index is 0.185. The van der Waals surface area contributed by atoms with Gasteiger partial charge in [-0.3, -0.25) is 4.79 Å². The minimum atomic E-state index is 0.185. The normalized spacial score (nSPS) is 10.4. The molecular weight excluding hydrogens is 190 g/mol. The third-order valence-corrected chi connectivity index (χ3v) is 2.63. The summed E-state index contributed by atoms with van der Waals surface area (Å²) < 4.78 is 2.10. The van der Waals surface area contributed by atoms with Crippen LogP contribution in [0.5, 0.6) is 0 Å². The summed E-state index contributed by atoms with van der Waals surface area (Å²) >= 11 is 0. The zero-order valence-electron chi connectivity index (χ0n) is 9.95. The summed E-state index contributed by atoms with van der Waals surface area (Å²) in [4.78, 5) is 17.2. The van der Waals surface area contributed by atoms with Crippen LogP contribution < -0.4 is 0 Å². The molecule has 0 aliphatic rings. The first kappa shape index (κ1) is 11.8. The van der Waals surface area contributed by atoms with Crippen molar-refractivity contribution in [1.82, 2.24) is 14.5 Å². The third kappa shape index (κ3) is 3.08. The summed E-state index contributed by atoms with van der Waals surface area (Å²) in [5, 5.41) is 0. The van der Waals surface area contributed by atoms with E-state index in [0.29, 0.717) is 6.42 Å². The Bertz CT molecular complexity index is 342. The van der Waals surface area contributed by atoms with Crippen LogP contribution in [0.15, 0.2) is 6.33 Å². The van der Waals surface area contributed by atoms with Gasteiger partial charge in [0.2, 0.25) is 5.91 Å². The lowest BCUT2D eigenvalue weighted by Gasteiger charge is -2.10. The second-order valence-corrected chi connectivity index (χ2v) is 4.00. The quantitative estimate of drug-likeness (QED) is 0.751. The maximum absolute atomic E-state index is 11.3. The van der Waals surface area contributed by atoms with E-state index in [1.807, 2.05) is 13.3 Å². The van der Waals surface area contributed by atoms with Crippen LogP contribution in [0.2, 0.25) is 0 Å². The van der Waals surface area contributed by atoms with E-state index in [1.54, 1.807) is 19.0 Å². The number of carbonyl (C=O) groups excluding carboxylic acids is 1. The van der Waals surface area contributed by atoms with Gasteiger partial charge >= 0.3 is 0 Å². The molecule has 4 nitrogen and oxygen atoms in total. The number of aryl methyl sites for hydroxylation is 2. The lowest BCUT2D eigenvalue weighted by atomic mass is 10.2. The number of aromatic nitrogens is 2. The Labute approximate surface area is 90.9 Å². The largest absolute Gasteiger partial charge is 0.349 e. The summed E-state index contributed by atoms with van der Waals surface area (Å²) in [5.41, 5.74) is 2.25. The van der Waals surface area contributed by atoms with Crippen molar-refractivity contribution in [2.75, 3.05) is 14.1 Å². The molecule has 1 aromatic heterocycles. The zero-order valence-corrected chi connectivity index (χ0v) is 9.95. The molecule has 0 aliphatic carbocycles. The Morgan fingerprint density at radius 2 is 2.13 bits per heavy atom. The van der Waals surface area contributed by atoms with E-state index in [2.05, 4.69) is 16.5 Å². The van der Waals surface area contributed by atoms with Crippen molar-refractivity contribution in [3.05, 3.63) is 17.7 Å². The first-order valence-electron chi connectivity index (χ1n) is 5.21. The lowest BCUT2D eigenvalue weighted by Crippen LogP contribution is -2.21. The molecule has 0 bridgehead atoms. The number of carbonyl (C=O) groups is 1. The van der Waals surface area contributed by atoms with Gasteiger partial charge in [-0.25, -0.2) is 4.98 Å². The Kier molecular flexibility index (Phi) is 3.88. The van der Waals surface area contributed by atoms with Crippen LogP contribution in [0.1, 0.15) is 24.2 Å². The molecule has 0 aromatic carbocycles. The van der Waals surface area contributed by atoms with Gasteiger partial charge in [-0.1, -0.05) is 0 Å². The molecule has 1 rings (SSSR count). The number of rotatable bonds is 4. The van der Waals surface area contributed by atoms with Crippen LogP contribution >= 0.6 is 0 Å². The van der Waals surface area contributed by atoms with Crippen molar-refractivity contribution < 1.29 is 4.79 Å². The predicted molar refractivity (Wildman–Crippen MR) is 59.6 cm³/mol. The third-order valence-electron chi connectivity index (χ3n) is 2.63. The zero-order chi connectivity index (χ0) is 11.4. The average molecular weight is 209 g/mol. The molecule has 0 radical (unpaired) electrons. The number of hydrogen-bond donors (Lipinski definition) is 0. The van der Waals surface area contributed by atoms with Gasteiger partial charge in [0.25, 0.3) is 0 Å². The predicted octanol–water partition coefficient (Wildman–Crippen LogP) is 1.37. The van der Waals surface area contributed by atoms with Crippen molar-refractivity contribution >= 4 is 5.91 Å². The van der Waals surface area contributed by atoms with E-state index in [4.69, 9.17) is 0 Å². The van der Waals surface area contributed by atoms with Crippen molar-refractivity contribution in [2.45, 2.75) is 33.2 Å². The summed E-state index contributed by atoms with van der Waals surface area (Å²) in [6.45, 7) is 4.92. The molecule has 1 heterocycles. The second-order valence-electron chi connectivity index (χ2n) is 4.00. The van der Waals surface area contributed by atoms with Crippen molar-refractivity contribution in [1.29, 1.82) is 0 Å². The molecule has 1 amide bonds. The second kappa shape index (κ2) is 4.96. The van der Waals surface area contributed by atoms with E-state index in [-0.39, 0.29) is 5.91 Å². The van der Waals surface area contributed by atoms with Crippen LogP contribution in [0.4, 0.5) is 0 Å². The summed E-state index contributed by atoms with van der Waals surface area (Å²) in [6.07, 6.45) is 3.31. The highest BCUT2D eigenvalue weighted by Gasteiger charge is 2.05. The van der Waals surface area contributed by atoms with Crippen molar-refractivity contribution in [3.8, 4) is 0 Å². The average Bonchev–Trinajstić information content (AvgIpc) is 2.49. The Balaban J connectivity index is 2.38.